The van der Waals surface area contributed by atoms with E-state index in [2.05, 4.69) is 66.8 Å². The van der Waals surface area contributed by atoms with Crippen LogP contribution in [0.3, 0.4) is 0 Å². The second-order valence-corrected chi connectivity index (χ2v) is 4.82. The maximum atomic E-state index is 2.32. The summed E-state index contributed by atoms with van der Waals surface area (Å²) >= 11 is 0. The van der Waals surface area contributed by atoms with Gasteiger partial charge >= 0.3 is 21.7 Å². The van der Waals surface area contributed by atoms with E-state index in [4.69, 9.17) is 0 Å². The van der Waals surface area contributed by atoms with Crippen LogP contribution in [0.2, 0.25) is 0 Å². The fraction of sp³-hybridized carbons (Fsp3) is 0.0556. The molecule has 1 aliphatic rings. The first kappa shape index (κ1) is 18.1. The monoisotopic (exact) mass is 347 g/mol. The summed E-state index contributed by atoms with van der Waals surface area (Å²) in [5.74, 6) is 0. The van der Waals surface area contributed by atoms with Crippen molar-refractivity contribution in [3.8, 4) is 0 Å². The number of hydrogen-bond acceptors (Lipinski definition) is 0. The summed E-state index contributed by atoms with van der Waals surface area (Å²) in [6.07, 6.45) is 7.65. The molecule has 4 rings (SSSR count). The molecule has 0 amide bonds. The minimum Gasteiger partial charge on any atom is -1.00 e. The van der Waals surface area contributed by atoms with Gasteiger partial charge in [0.15, 0.2) is 0 Å². The Bertz CT molecular complexity index is 812. The van der Waals surface area contributed by atoms with Crippen LogP contribution >= 0.6 is 0 Å². The van der Waals surface area contributed by atoms with Gasteiger partial charge in [-0.05, 0) is 6.42 Å². The van der Waals surface area contributed by atoms with Crippen molar-refractivity contribution >= 4 is 27.1 Å². The van der Waals surface area contributed by atoms with Gasteiger partial charge in [-0.3, -0.25) is 0 Å². The number of halogens is 2. The van der Waals surface area contributed by atoms with Crippen LogP contribution in [0.5, 0.6) is 0 Å². The van der Waals surface area contributed by atoms with E-state index < -0.39 is 0 Å². The fourth-order valence-corrected chi connectivity index (χ4v) is 2.91. The second-order valence-electron chi connectivity index (χ2n) is 4.82. The quantitative estimate of drug-likeness (QED) is 0.394. The van der Waals surface area contributed by atoms with Crippen molar-refractivity contribution in [1.29, 1.82) is 0 Å². The van der Waals surface area contributed by atoms with Crippen LogP contribution in [0.25, 0.3) is 27.1 Å². The topological polar surface area (TPSA) is 0 Å². The molecule has 0 spiro atoms. The van der Waals surface area contributed by atoms with Gasteiger partial charge in [0.1, 0.15) is 0 Å². The molecule has 3 aromatic carbocycles. The molecular formula is C18H13Cl2Ti. The summed E-state index contributed by atoms with van der Waals surface area (Å²) < 4.78 is 0. The van der Waals surface area contributed by atoms with Gasteiger partial charge in [0, 0.05) is 0 Å². The van der Waals surface area contributed by atoms with Crippen LogP contribution in [-0.4, -0.2) is 0 Å². The average molecular weight is 348 g/mol. The minimum absolute atomic E-state index is 0. The maximum absolute atomic E-state index is 2.32. The molecule has 0 saturated heterocycles. The van der Waals surface area contributed by atoms with E-state index in [9.17, 15) is 0 Å². The van der Waals surface area contributed by atoms with Crippen molar-refractivity contribution in [2.75, 3.05) is 0 Å². The molecule has 1 aliphatic carbocycles. The van der Waals surface area contributed by atoms with E-state index in [0.717, 1.165) is 6.42 Å². The summed E-state index contributed by atoms with van der Waals surface area (Å²) in [6, 6.07) is 17.6. The zero-order valence-electron chi connectivity index (χ0n) is 11.3. The van der Waals surface area contributed by atoms with Crippen molar-refractivity contribution in [3.63, 3.8) is 0 Å². The van der Waals surface area contributed by atoms with Gasteiger partial charge in [-0.2, -0.15) is 0 Å². The van der Waals surface area contributed by atoms with E-state index in [-0.39, 0.29) is 46.5 Å². The number of allylic oxidation sites excluding steroid dienone is 4. The van der Waals surface area contributed by atoms with E-state index in [1.807, 2.05) is 0 Å². The van der Waals surface area contributed by atoms with Crippen molar-refractivity contribution in [1.82, 2.24) is 0 Å². The van der Waals surface area contributed by atoms with Crippen molar-refractivity contribution < 1.29 is 46.5 Å². The first-order valence-electron chi connectivity index (χ1n) is 6.37. The van der Waals surface area contributed by atoms with Crippen molar-refractivity contribution in [3.05, 3.63) is 72.3 Å². The van der Waals surface area contributed by atoms with Crippen LogP contribution in [0.15, 0.2) is 66.8 Å². The molecule has 0 nitrogen and oxygen atoms in total. The molecule has 0 unspecified atom stereocenters. The fourth-order valence-electron chi connectivity index (χ4n) is 2.91. The Morgan fingerprint density at radius 3 is 2.38 bits per heavy atom. The Balaban J connectivity index is 0.000000735. The molecule has 1 radical (unpaired) electrons. The molecule has 21 heavy (non-hydrogen) atoms. The van der Waals surface area contributed by atoms with Gasteiger partial charge in [0.05, 0.1) is 0 Å². The molecule has 0 bridgehead atoms. The summed E-state index contributed by atoms with van der Waals surface area (Å²) in [5, 5.41) is 5.46. The van der Waals surface area contributed by atoms with Gasteiger partial charge in [0.25, 0.3) is 0 Å². The second kappa shape index (κ2) is 7.38. The molecular weight excluding hydrogens is 335 g/mol. The van der Waals surface area contributed by atoms with Gasteiger partial charge in [-0.15, -0.1) is 33.7 Å². The van der Waals surface area contributed by atoms with E-state index >= 15 is 0 Å². The normalized spacial score (nSPS) is 12.5. The van der Waals surface area contributed by atoms with Crippen LogP contribution in [0.4, 0.5) is 0 Å². The summed E-state index contributed by atoms with van der Waals surface area (Å²) in [4.78, 5) is 0. The predicted molar refractivity (Wildman–Crippen MR) is 78.8 cm³/mol. The predicted octanol–water partition coefficient (Wildman–Crippen LogP) is -0.939. The third kappa shape index (κ3) is 3.00. The SMILES string of the molecule is C1=CCC(c2cccc3c2[cH-]c2ccccc23)=C1.[Cl-].[Cl-].[Ti+3]. The van der Waals surface area contributed by atoms with Gasteiger partial charge in [-0.25, -0.2) is 0 Å². The number of hydrogen-bond donors (Lipinski definition) is 0. The molecule has 0 atom stereocenters. The Hall–Kier alpha value is -0.916. The largest absolute Gasteiger partial charge is 3.00 e. The number of benzene rings is 2. The Morgan fingerprint density at radius 2 is 1.62 bits per heavy atom. The molecule has 0 heterocycles. The number of fused-ring (bicyclic) bond motifs is 3. The smallest absolute Gasteiger partial charge is 1.00 e. The Labute approximate surface area is 152 Å². The molecule has 0 aliphatic heterocycles. The van der Waals surface area contributed by atoms with E-state index in [1.165, 1.54) is 32.7 Å². The standard InChI is InChI=1S/C18H13.2ClH.Ti/c1-2-7-13(6-1)15-10-5-11-17-16-9-4-3-8-14(16)12-18(15)17;;;/h1-6,8-12H,7H2;2*1H;/q-1;;;+3/p-2. The van der Waals surface area contributed by atoms with Gasteiger partial charge in [0.2, 0.25) is 0 Å². The molecule has 0 N–H and O–H groups in total. The Morgan fingerprint density at radius 1 is 0.857 bits per heavy atom. The average Bonchev–Trinajstić information content (AvgIpc) is 3.05. The van der Waals surface area contributed by atoms with Crippen LogP contribution in [0.1, 0.15) is 12.0 Å². The summed E-state index contributed by atoms with van der Waals surface area (Å²) in [6.45, 7) is 0. The molecule has 3 aromatic rings. The van der Waals surface area contributed by atoms with E-state index in [0.29, 0.717) is 0 Å². The molecule has 0 saturated carbocycles. The van der Waals surface area contributed by atoms with Crippen LogP contribution in [0, 0.1) is 0 Å². The third-order valence-electron chi connectivity index (χ3n) is 3.77. The van der Waals surface area contributed by atoms with Gasteiger partial charge < -0.3 is 24.8 Å². The van der Waals surface area contributed by atoms with Crippen LogP contribution < -0.4 is 24.8 Å². The van der Waals surface area contributed by atoms with E-state index in [1.54, 1.807) is 0 Å². The van der Waals surface area contributed by atoms with Crippen molar-refractivity contribution in [2.45, 2.75) is 6.42 Å². The van der Waals surface area contributed by atoms with Crippen LogP contribution in [-0.2, 0) is 21.7 Å². The summed E-state index contributed by atoms with van der Waals surface area (Å²) in [5.41, 5.74) is 2.81. The molecule has 0 aromatic heterocycles. The molecule has 3 heteroatoms. The Kier molecular flexibility index (Phi) is 6.37. The molecule has 0 fully saturated rings. The maximum Gasteiger partial charge on any atom is 3.00 e. The summed E-state index contributed by atoms with van der Waals surface area (Å²) in [7, 11) is 0. The first-order chi connectivity index (χ1) is 8.93. The minimum atomic E-state index is 0. The number of rotatable bonds is 1. The zero-order chi connectivity index (χ0) is 11.9. The first-order valence-corrected chi connectivity index (χ1v) is 6.37. The zero-order valence-corrected chi connectivity index (χ0v) is 14.4. The third-order valence-corrected chi connectivity index (χ3v) is 3.77. The van der Waals surface area contributed by atoms with Crippen molar-refractivity contribution in [2.24, 2.45) is 0 Å². The molecule has 103 valence electrons. The van der Waals surface area contributed by atoms with Gasteiger partial charge in [-0.1, -0.05) is 65.8 Å².